The zero-order valence-electron chi connectivity index (χ0n) is 17.1. The molecular formula is C23H22F2N6. The van der Waals surface area contributed by atoms with E-state index in [1.54, 1.807) is 35.2 Å². The van der Waals surface area contributed by atoms with Crippen molar-refractivity contribution in [1.82, 2.24) is 19.6 Å². The second-order valence-corrected chi connectivity index (χ2v) is 7.79. The molecule has 0 spiro atoms. The highest BCUT2D eigenvalue weighted by Gasteiger charge is 2.22. The van der Waals surface area contributed by atoms with E-state index in [0.717, 1.165) is 30.8 Å². The summed E-state index contributed by atoms with van der Waals surface area (Å²) in [6, 6.07) is 9.53. The molecule has 6 nitrogen and oxygen atoms in total. The summed E-state index contributed by atoms with van der Waals surface area (Å²) in [7, 11) is 0. The predicted molar refractivity (Wildman–Crippen MR) is 117 cm³/mol. The largest absolute Gasteiger partial charge is 0.367 e. The monoisotopic (exact) mass is 420 g/mol. The lowest BCUT2D eigenvalue weighted by Gasteiger charge is -2.36. The fraction of sp³-hybridized carbons (Fsp3) is 0.261. The van der Waals surface area contributed by atoms with E-state index < -0.39 is 11.6 Å². The van der Waals surface area contributed by atoms with E-state index >= 15 is 0 Å². The molecule has 1 fully saturated rings. The van der Waals surface area contributed by atoms with Crippen LogP contribution in [-0.2, 0) is 0 Å². The van der Waals surface area contributed by atoms with E-state index in [2.05, 4.69) is 32.2 Å². The van der Waals surface area contributed by atoms with Gasteiger partial charge in [0.1, 0.15) is 11.6 Å². The molecule has 1 aliphatic heterocycles. The third kappa shape index (κ3) is 3.58. The Hall–Kier alpha value is -3.55. The number of pyridine rings is 1. The molecule has 0 radical (unpaired) electrons. The van der Waals surface area contributed by atoms with Gasteiger partial charge in [0.2, 0.25) is 5.95 Å². The minimum atomic E-state index is -0.657. The van der Waals surface area contributed by atoms with Gasteiger partial charge in [-0.05, 0) is 56.5 Å². The molecule has 31 heavy (non-hydrogen) atoms. The number of hydrogen-bond acceptors (Lipinski definition) is 5. The highest BCUT2D eigenvalue weighted by atomic mass is 19.1. The Morgan fingerprint density at radius 1 is 1.03 bits per heavy atom. The van der Waals surface area contributed by atoms with Gasteiger partial charge in [-0.2, -0.15) is 9.61 Å². The molecule has 1 N–H and O–H groups in total. The Kier molecular flexibility index (Phi) is 4.97. The molecule has 0 amide bonds. The van der Waals surface area contributed by atoms with E-state index in [4.69, 9.17) is 0 Å². The highest BCUT2D eigenvalue weighted by Crippen LogP contribution is 2.32. The van der Waals surface area contributed by atoms with Crippen LogP contribution in [0.1, 0.15) is 26.2 Å². The average molecular weight is 420 g/mol. The van der Waals surface area contributed by atoms with Crippen LogP contribution in [-0.4, -0.2) is 32.2 Å². The number of imidazole rings is 1. The van der Waals surface area contributed by atoms with Crippen LogP contribution in [0.2, 0.25) is 0 Å². The summed E-state index contributed by atoms with van der Waals surface area (Å²) < 4.78 is 30.1. The third-order valence-corrected chi connectivity index (χ3v) is 5.76. The van der Waals surface area contributed by atoms with E-state index in [0.29, 0.717) is 17.5 Å². The Balaban J connectivity index is 1.54. The normalized spacial score (nSPS) is 16.6. The van der Waals surface area contributed by atoms with Gasteiger partial charge < -0.3 is 10.2 Å². The summed E-state index contributed by atoms with van der Waals surface area (Å²) in [5, 5.41) is 7.78. The maximum absolute atomic E-state index is 14.3. The van der Waals surface area contributed by atoms with Crippen molar-refractivity contribution < 1.29 is 8.78 Å². The van der Waals surface area contributed by atoms with Gasteiger partial charge in [-0.1, -0.05) is 6.07 Å². The van der Waals surface area contributed by atoms with Crippen LogP contribution >= 0.6 is 0 Å². The van der Waals surface area contributed by atoms with Gasteiger partial charge in [0.15, 0.2) is 0 Å². The summed E-state index contributed by atoms with van der Waals surface area (Å²) in [6.45, 7) is 3.21. The molecule has 1 saturated heterocycles. The predicted octanol–water partition coefficient (Wildman–Crippen LogP) is 5.19. The minimum Gasteiger partial charge on any atom is -0.367 e. The van der Waals surface area contributed by atoms with Gasteiger partial charge in [-0.3, -0.25) is 4.98 Å². The second-order valence-electron chi connectivity index (χ2n) is 7.79. The molecule has 158 valence electrons. The fourth-order valence-electron chi connectivity index (χ4n) is 4.15. The minimum absolute atomic E-state index is 0.159. The molecule has 4 heterocycles. The Morgan fingerprint density at radius 2 is 1.87 bits per heavy atom. The van der Waals surface area contributed by atoms with Crippen molar-refractivity contribution >= 4 is 22.8 Å². The SMILES string of the molecule is CC1CCCCN1c1ccncc1Nc1ncc2ccc(-c3c(F)cccc3F)nn12. The van der Waals surface area contributed by atoms with Crippen molar-refractivity contribution in [3.63, 3.8) is 0 Å². The average Bonchev–Trinajstić information content (AvgIpc) is 3.17. The topological polar surface area (TPSA) is 58.4 Å². The van der Waals surface area contributed by atoms with Gasteiger partial charge in [-0.25, -0.2) is 13.8 Å². The van der Waals surface area contributed by atoms with Crippen molar-refractivity contribution in [3.8, 4) is 11.3 Å². The maximum Gasteiger partial charge on any atom is 0.229 e. The molecule has 3 aromatic heterocycles. The van der Waals surface area contributed by atoms with E-state index in [1.807, 2.05) is 6.07 Å². The lowest BCUT2D eigenvalue weighted by molar-refractivity contribution is 0.485. The summed E-state index contributed by atoms with van der Waals surface area (Å²) in [5.74, 6) is -0.863. The number of nitrogens with one attached hydrogen (secondary N) is 1. The summed E-state index contributed by atoms with van der Waals surface area (Å²) in [6.07, 6.45) is 8.73. The van der Waals surface area contributed by atoms with Gasteiger partial charge in [-0.15, -0.1) is 0 Å². The Bertz CT molecular complexity index is 1220. The lowest BCUT2D eigenvalue weighted by Crippen LogP contribution is -2.37. The fourth-order valence-corrected chi connectivity index (χ4v) is 4.15. The van der Waals surface area contributed by atoms with Crippen LogP contribution in [0.5, 0.6) is 0 Å². The van der Waals surface area contributed by atoms with Crippen molar-refractivity contribution in [1.29, 1.82) is 0 Å². The van der Waals surface area contributed by atoms with E-state index in [9.17, 15) is 8.78 Å². The van der Waals surface area contributed by atoms with E-state index in [1.165, 1.54) is 24.6 Å². The molecule has 8 heteroatoms. The van der Waals surface area contributed by atoms with Crippen LogP contribution in [0.4, 0.5) is 26.1 Å². The first-order valence-electron chi connectivity index (χ1n) is 10.4. The summed E-state index contributed by atoms with van der Waals surface area (Å²) >= 11 is 0. The van der Waals surface area contributed by atoms with Crippen molar-refractivity contribution in [2.75, 3.05) is 16.8 Å². The number of benzene rings is 1. The molecular weight excluding hydrogens is 398 g/mol. The molecule has 1 atom stereocenters. The number of hydrogen-bond donors (Lipinski definition) is 1. The Morgan fingerprint density at radius 3 is 2.68 bits per heavy atom. The van der Waals surface area contributed by atoms with Crippen molar-refractivity contribution in [3.05, 3.63) is 66.6 Å². The molecule has 0 saturated carbocycles. The first-order chi connectivity index (χ1) is 15.1. The third-order valence-electron chi connectivity index (χ3n) is 5.76. The summed E-state index contributed by atoms with van der Waals surface area (Å²) in [4.78, 5) is 11.1. The number of rotatable bonds is 4. The van der Waals surface area contributed by atoms with Crippen molar-refractivity contribution in [2.45, 2.75) is 32.2 Å². The highest BCUT2D eigenvalue weighted by molar-refractivity contribution is 5.74. The van der Waals surface area contributed by atoms with Crippen LogP contribution in [0.3, 0.4) is 0 Å². The zero-order valence-corrected chi connectivity index (χ0v) is 17.1. The maximum atomic E-state index is 14.3. The molecule has 5 rings (SSSR count). The van der Waals surface area contributed by atoms with Crippen LogP contribution in [0.25, 0.3) is 16.8 Å². The first-order valence-corrected chi connectivity index (χ1v) is 10.4. The van der Waals surface area contributed by atoms with Crippen molar-refractivity contribution in [2.24, 2.45) is 0 Å². The second kappa shape index (κ2) is 7.94. The van der Waals surface area contributed by atoms with Gasteiger partial charge in [0.25, 0.3) is 0 Å². The Labute approximate surface area is 178 Å². The number of nitrogens with zero attached hydrogens (tertiary/aromatic N) is 5. The standard InChI is InChI=1S/C23H22F2N6/c1-15-5-2-3-12-30(15)21-10-11-26-14-20(21)28-23-27-13-16-8-9-19(29-31(16)23)22-17(24)6-4-7-18(22)25/h4,6-11,13-15H,2-3,5,12H2,1H3,(H,27,28). The first kappa shape index (κ1) is 19.4. The molecule has 1 aromatic carbocycles. The summed E-state index contributed by atoms with van der Waals surface area (Å²) in [5.41, 5.74) is 2.61. The molecule has 4 aromatic rings. The number of anilines is 3. The van der Waals surface area contributed by atoms with Crippen LogP contribution in [0.15, 0.2) is 55.0 Å². The van der Waals surface area contributed by atoms with Crippen LogP contribution < -0.4 is 10.2 Å². The quantitative estimate of drug-likeness (QED) is 0.492. The number of fused-ring (bicyclic) bond motifs is 1. The smallest absolute Gasteiger partial charge is 0.229 e. The lowest BCUT2D eigenvalue weighted by atomic mass is 10.0. The zero-order chi connectivity index (χ0) is 21.4. The molecule has 0 aliphatic carbocycles. The molecule has 1 unspecified atom stereocenters. The van der Waals surface area contributed by atoms with E-state index in [-0.39, 0.29) is 11.3 Å². The molecule has 1 aliphatic rings. The number of halogens is 2. The number of piperidine rings is 1. The number of aromatic nitrogens is 4. The molecule has 0 bridgehead atoms. The van der Waals surface area contributed by atoms with Crippen LogP contribution in [0, 0.1) is 11.6 Å². The van der Waals surface area contributed by atoms with Gasteiger partial charge in [0.05, 0.1) is 40.5 Å². The van der Waals surface area contributed by atoms with Gasteiger partial charge >= 0.3 is 0 Å². The van der Waals surface area contributed by atoms with Gasteiger partial charge in [0, 0.05) is 18.8 Å².